The zero-order valence-electron chi connectivity index (χ0n) is 13.9. The van der Waals surface area contributed by atoms with Crippen LogP contribution in [0.4, 0.5) is 0 Å². The third-order valence-corrected chi connectivity index (χ3v) is 6.79. The predicted octanol–water partition coefficient (Wildman–Crippen LogP) is 0.523. The number of carbonyl (C=O) groups is 1. The summed E-state index contributed by atoms with van der Waals surface area (Å²) in [4.78, 5) is 17.1. The van der Waals surface area contributed by atoms with Crippen LogP contribution in [0.1, 0.15) is 33.1 Å². The highest BCUT2D eigenvalue weighted by molar-refractivity contribution is 7.91. The minimum Gasteiger partial charge on any atom is -0.367 e. The molecule has 0 saturated carbocycles. The molecule has 0 aromatic rings. The number of methoxy groups -OCH3 is 1. The van der Waals surface area contributed by atoms with Crippen LogP contribution >= 0.6 is 0 Å². The number of amides is 1. The Morgan fingerprint density at radius 2 is 2.14 bits per heavy atom. The minimum atomic E-state index is -3.18. The van der Waals surface area contributed by atoms with Crippen molar-refractivity contribution < 1.29 is 17.9 Å². The first-order valence-electron chi connectivity index (χ1n) is 8.16. The lowest BCUT2D eigenvalue weighted by atomic mass is 10.0. The molecular weight excluding hydrogens is 304 g/mol. The molecule has 0 aromatic carbocycles. The summed E-state index contributed by atoms with van der Waals surface area (Å²) in [6.45, 7) is 7.38. The van der Waals surface area contributed by atoms with Crippen molar-refractivity contribution in [2.24, 2.45) is 0 Å². The summed E-state index contributed by atoms with van der Waals surface area (Å²) in [6.07, 6.45) is 2.52. The van der Waals surface area contributed by atoms with Gasteiger partial charge in [0.1, 0.15) is 0 Å². The zero-order chi connectivity index (χ0) is 16.4. The largest absolute Gasteiger partial charge is 0.367 e. The van der Waals surface area contributed by atoms with Gasteiger partial charge in [-0.3, -0.25) is 9.69 Å². The monoisotopic (exact) mass is 332 g/mol. The van der Waals surface area contributed by atoms with Gasteiger partial charge in [-0.1, -0.05) is 6.92 Å². The van der Waals surface area contributed by atoms with Crippen LogP contribution in [0.15, 0.2) is 0 Å². The first kappa shape index (κ1) is 17.7. The standard InChI is InChI=1S/C15H28N2O4S/c1-4-16-9-6-7-13(16)11-17(5-2)14(18)15(21-3)8-10-22(19,20)12-15/h13H,4-12H2,1-3H3. The molecular formula is C15H28N2O4S. The maximum Gasteiger partial charge on any atom is 0.255 e. The molecule has 0 bridgehead atoms. The topological polar surface area (TPSA) is 66.9 Å². The Bertz CT molecular complexity index is 508. The summed E-state index contributed by atoms with van der Waals surface area (Å²) in [6, 6.07) is 0.376. The van der Waals surface area contributed by atoms with Crippen LogP contribution < -0.4 is 0 Å². The van der Waals surface area contributed by atoms with E-state index < -0.39 is 15.4 Å². The number of carbonyl (C=O) groups excluding carboxylic acids is 1. The van der Waals surface area contributed by atoms with Gasteiger partial charge in [-0.2, -0.15) is 0 Å². The van der Waals surface area contributed by atoms with Crippen molar-refractivity contribution in [3.8, 4) is 0 Å². The number of hydrogen-bond donors (Lipinski definition) is 0. The van der Waals surface area contributed by atoms with Gasteiger partial charge in [0, 0.05) is 32.7 Å². The van der Waals surface area contributed by atoms with Gasteiger partial charge in [0.05, 0.1) is 11.5 Å². The lowest BCUT2D eigenvalue weighted by molar-refractivity contribution is -0.152. The van der Waals surface area contributed by atoms with Crippen molar-refractivity contribution >= 4 is 15.7 Å². The fraction of sp³-hybridized carbons (Fsp3) is 0.933. The van der Waals surface area contributed by atoms with Crippen LogP contribution in [0.3, 0.4) is 0 Å². The maximum atomic E-state index is 12.9. The number of rotatable bonds is 6. The molecule has 2 rings (SSSR count). The van der Waals surface area contributed by atoms with Gasteiger partial charge in [-0.25, -0.2) is 8.42 Å². The van der Waals surface area contributed by atoms with E-state index in [4.69, 9.17) is 4.74 Å². The van der Waals surface area contributed by atoms with E-state index in [-0.39, 0.29) is 23.8 Å². The Morgan fingerprint density at radius 1 is 1.41 bits per heavy atom. The fourth-order valence-electron chi connectivity index (χ4n) is 3.65. The second-order valence-electron chi connectivity index (χ2n) is 6.31. The molecule has 2 aliphatic heterocycles. The van der Waals surface area contributed by atoms with Crippen molar-refractivity contribution in [3.63, 3.8) is 0 Å². The van der Waals surface area contributed by atoms with Crippen molar-refractivity contribution in [2.75, 3.05) is 44.8 Å². The quantitative estimate of drug-likeness (QED) is 0.709. The molecule has 1 amide bonds. The van der Waals surface area contributed by atoms with E-state index in [9.17, 15) is 13.2 Å². The third-order valence-electron chi connectivity index (χ3n) is 5.06. The van der Waals surface area contributed by atoms with E-state index in [2.05, 4.69) is 11.8 Å². The highest BCUT2D eigenvalue weighted by Crippen LogP contribution is 2.30. The molecule has 0 spiro atoms. The number of likely N-dealkylation sites (tertiary alicyclic amines) is 1. The van der Waals surface area contributed by atoms with Crippen LogP contribution in [-0.2, 0) is 19.4 Å². The van der Waals surface area contributed by atoms with Gasteiger partial charge in [-0.15, -0.1) is 0 Å². The molecule has 128 valence electrons. The van der Waals surface area contributed by atoms with Gasteiger partial charge >= 0.3 is 0 Å². The van der Waals surface area contributed by atoms with Gasteiger partial charge in [0.25, 0.3) is 5.91 Å². The Morgan fingerprint density at radius 3 is 2.64 bits per heavy atom. The van der Waals surface area contributed by atoms with E-state index in [0.717, 1.165) is 25.9 Å². The van der Waals surface area contributed by atoms with E-state index >= 15 is 0 Å². The molecule has 0 N–H and O–H groups in total. The number of likely N-dealkylation sites (N-methyl/N-ethyl adjacent to an activating group) is 2. The number of nitrogens with zero attached hydrogens (tertiary/aromatic N) is 2. The molecule has 2 unspecified atom stereocenters. The molecule has 22 heavy (non-hydrogen) atoms. The molecule has 2 fully saturated rings. The molecule has 2 saturated heterocycles. The first-order chi connectivity index (χ1) is 10.4. The summed E-state index contributed by atoms with van der Waals surface area (Å²) in [5.74, 6) is -0.315. The SMILES string of the molecule is CCN(CC1CCCN1CC)C(=O)C1(OC)CCS(=O)(=O)C1. The number of ether oxygens (including phenoxy) is 1. The van der Waals surface area contributed by atoms with E-state index in [1.54, 1.807) is 4.90 Å². The summed E-state index contributed by atoms with van der Waals surface area (Å²) in [7, 11) is -1.73. The smallest absolute Gasteiger partial charge is 0.255 e. The van der Waals surface area contributed by atoms with Gasteiger partial charge in [0.2, 0.25) is 0 Å². The summed E-state index contributed by atoms with van der Waals surface area (Å²) < 4.78 is 29.0. The van der Waals surface area contributed by atoms with Gasteiger partial charge in [0.15, 0.2) is 15.4 Å². The van der Waals surface area contributed by atoms with Crippen LogP contribution in [0.2, 0.25) is 0 Å². The van der Waals surface area contributed by atoms with Crippen molar-refractivity contribution in [1.29, 1.82) is 0 Å². The first-order valence-corrected chi connectivity index (χ1v) is 9.98. The number of sulfone groups is 1. The van der Waals surface area contributed by atoms with E-state index in [0.29, 0.717) is 19.1 Å². The van der Waals surface area contributed by atoms with Gasteiger partial charge in [-0.05, 0) is 32.9 Å². The lowest BCUT2D eigenvalue weighted by Gasteiger charge is -2.35. The van der Waals surface area contributed by atoms with Crippen molar-refractivity contribution in [1.82, 2.24) is 9.80 Å². The van der Waals surface area contributed by atoms with E-state index in [1.807, 2.05) is 6.92 Å². The van der Waals surface area contributed by atoms with Crippen molar-refractivity contribution in [3.05, 3.63) is 0 Å². The fourth-order valence-corrected chi connectivity index (χ4v) is 5.53. The lowest BCUT2D eigenvalue weighted by Crippen LogP contribution is -2.54. The molecule has 0 radical (unpaired) electrons. The maximum absolute atomic E-state index is 12.9. The van der Waals surface area contributed by atoms with E-state index in [1.165, 1.54) is 7.11 Å². The molecule has 2 atom stereocenters. The van der Waals surface area contributed by atoms with Crippen LogP contribution in [0.25, 0.3) is 0 Å². The third kappa shape index (κ3) is 3.46. The average Bonchev–Trinajstić information content (AvgIpc) is 3.08. The normalized spacial score (nSPS) is 31.5. The van der Waals surface area contributed by atoms with Crippen LogP contribution in [-0.4, -0.2) is 80.6 Å². The highest BCUT2D eigenvalue weighted by atomic mass is 32.2. The second-order valence-corrected chi connectivity index (χ2v) is 8.49. The zero-order valence-corrected chi connectivity index (χ0v) is 14.7. The van der Waals surface area contributed by atoms with Crippen LogP contribution in [0, 0.1) is 0 Å². The Balaban J connectivity index is 2.11. The Hall–Kier alpha value is -0.660. The molecule has 2 heterocycles. The predicted molar refractivity (Wildman–Crippen MR) is 85.5 cm³/mol. The second kappa shape index (κ2) is 6.84. The highest BCUT2D eigenvalue weighted by Gasteiger charge is 2.50. The van der Waals surface area contributed by atoms with Gasteiger partial charge < -0.3 is 9.64 Å². The summed E-state index contributed by atoms with van der Waals surface area (Å²) in [5, 5.41) is 0. The van der Waals surface area contributed by atoms with Crippen LogP contribution in [0.5, 0.6) is 0 Å². The molecule has 2 aliphatic rings. The van der Waals surface area contributed by atoms with Crippen molar-refractivity contribution in [2.45, 2.75) is 44.8 Å². The summed E-state index contributed by atoms with van der Waals surface area (Å²) in [5.41, 5.74) is -1.18. The average molecular weight is 332 g/mol. The summed E-state index contributed by atoms with van der Waals surface area (Å²) >= 11 is 0. The molecule has 6 nitrogen and oxygen atoms in total. The minimum absolute atomic E-state index is 0.0364. The Labute approximate surface area is 133 Å². The number of hydrogen-bond acceptors (Lipinski definition) is 5. The molecule has 0 aliphatic carbocycles. The Kier molecular flexibility index (Phi) is 5.50. The molecule has 7 heteroatoms. The molecule has 0 aromatic heterocycles.